The van der Waals surface area contributed by atoms with E-state index in [1.54, 1.807) is 36.8 Å². The van der Waals surface area contributed by atoms with Gasteiger partial charge in [-0.25, -0.2) is 0 Å². The molecule has 8 heteroatoms. The Hall–Kier alpha value is -3.10. The summed E-state index contributed by atoms with van der Waals surface area (Å²) in [6.45, 7) is 0. The molecule has 0 spiro atoms. The summed E-state index contributed by atoms with van der Waals surface area (Å²) in [4.78, 5) is 24.7. The first kappa shape index (κ1) is 19.7. The van der Waals surface area contributed by atoms with E-state index in [0.717, 1.165) is 21.8 Å². The Labute approximate surface area is 169 Å². The smallest absolute Gasteiger partial charge is 0.249 e. The summed E-state index contributed by atoms with van der Waals surface area (Å²) in [7, 11) is 3.07. The number of ether oxygens (including phenoxy) is 2. The summed E-state index contributed by atoms with van der Waals surface area (Å²) in [5.74, 6) is -0.647. The Morgan fingerprint density at radius 3 is 2.54 bits per heavy atom. The second kappa shape index (κ2) is 8.73. The SMILES string of the molecule is COc1ccc(/C=C/C(=O)Nc2scc(-c3cccs3)c2C(=O)[O-])cc1OC. The fourth-order valence-corrected chi connectivity index (χ4v) is 4.32. The number of methoxy groups -OCH3 is 2. The average molecular weight is 414 g/mol. The van der Waals surface area contributed by atoms with Gasteiger partial charge in [0, 0.05) is 27.5 Å². The molecule has 1 aromatic carbocycles. The highest BCUT2D eigenvalue weighted by Crippen LogP contribution is 2.37. The van der Waals surface area contributed by atoms with Crippen LogP contribution >= 0.6 is 22.7 Å². The molecule has 144 valence electrons. The van der Waals surface area contributed by atoms with E-state index in [-0.39, 0.29) is 10.6 Å². The van der Waals surface area contributed by atoms with Crippen LogP contribution in [0.2, 0.25) is 0 Å². The van der Waals surface area contributed by atoms with Crippen LogP contribution in [0, 0.1) is 0 Å². The molecule has 0 bridgehead atoms. The summed E-state index contributed by atoms with van der Waals surface area (Å²) < 4.78 is 10.4. The number of rotatable bonds is 7. The number of carboxylic acid groups (broad SMARTS) is 1. The maximum Gasteiger partial charge on any atom is 0.249 e. The lowest BCUT2D eigenvalue weighted by Crippen LogP contribution is -2.24. The van der Waals surface area contributed by atoms with Crippen molar-refractivity contribution in [2.24, 2.45) is 0 Å². The molecule has 1 amide bonds. The summed E-state index contributed by atoms with van der Waals surface area (Å²) in [6.07, 6.45) is 2.93. The van der Waals surface area contributed by atoms with E-state index in [4.69, 9.17) is 9.47 Å². The van der Waals surface area contributed by atoms with Gasteiger partial charge >= 0.3 is 0 Å². The second-order valence-electron chi connectivity index (χ2n) is 5.56. The number of amides is 1. The molecule has 3 aromatic rings. The van der Waals surface area contributed by atoms with Crippen LogP contribution in [0.3, 0.4) is 0 Å². The predicted molar refractivity (Wildman–Crippen MR) is 109 cm³/mol. The van der Waals surface area contributed by atoms with Crippen molar-refractivity contribution in [1.29, 1.82) is 0 Å². The summed E-state index contributed by atoms with van der Waals surface area (Å²) in [5, 5.41) is 18.0. The van der Waals surface area contributed by atoms with Crippen LogP contribution in [0.15, 0.2) is 47.2 Å². The van der Waals surface area contributed by atoms with E-state index in [2.05, 4.69) is 5.32 Å². The van der Waals surface area contributed by atoms with E-state index in [1.807, 2.05) is 17.5 Å². The lowest BCUT2D eigenvalue weighted by atomic mass is 10.1. The van der Waals surface area contributed by atoms with Crippen molar-refractivity contribution in [2.75, 3.05) is 19.5 Å². The van der Waals surface area contributed by atoms with Crippen molar-refractivity contribution < 1.29 is 24.2 Å². The van der Waals surface area contributed by atoms with Crippen LogP contribution < -0.4 is 19.9 Å². The number of carbonyl (C=O) groups is 2. The third-order valence-electron chi connectivity index (χ3n) is 3.85. The van der Waals surface area contributed by atoms with Gasteiger partial charge in [0.25, 0.3) is 0 Å². The number of anilines is 1. The van der Waals surface area contributed by atoms with Gasteiger partial charge in [0.15, 0.2) is 11.5 Å². The Balaban J connectivity index is 1.78. The molecule has 3 rings (SSSR count). The molecule has 0 aliphatic heterocycles. The van der Waals surface area contributed by atoms with Crippen molar-refractivity contribution in [3.05, 3.63) is 58.3 Å². The molecule has 28 heavy (non-hydrogen) atoms. The van der Waals surface area contributed by atoms with E-state index in [9.17, 15) is 14.7 Å². The molecule has 0 atom stereocenters. The van der Waals surface area contributed by atoms with E-state index < -0.39 is 11.9 Å². The van der Waals surface area contributed by atoms with Crippen molar-refractivity contribution in [1.82, 2.24) is 0 Å². The van der Waals surface area contributed by atoms with Gasteiger partial charge in [0.2, 0.25) is 5.91 Å². The molecule has 0 unspecified atom stereocenters. The largest absolute Gasteiger partial charge is 0.545 e. The number of hydrogen-bond acceptors (Lipinski definition) is 7. The molecule has 2 aromatic heterocycles. The molecule has 0 saturated heterocycles. The van der Waals surface area contributed by atoms with Crippen molar-refractivity contribution in [3.63, 3.8) is 0 Å². The summed E-state index contributed by atoms with van der Waals surface area (Å²) in [5.41, 5.74) is 1.26. The van der Waals surface area contributed by atoms with Crippen molar-refractivity contribution >= 4 is 45.6 Å². The van der Waals surface area contributed by atoms with Gasteiger partial charge in [-0.2, -0.15) is 0 Å². The van der Waals surface area contributed by atoms with Gasteiger partial charge in [-0.1, -0.05) is 12.1 Å². The standard InChI is InChI=1S/C20H17NO5S2/c1-25-14-7-5-12(10-15(14)26-2)6-8-17(22)21-19-18(20(23)24)13(11-28-19)16-4-3-9-27-16/h3-11H,1-2H3,(H,21,22)(H,23,24)/p-1/b8-6+. The zero-order chi connectivity index (χ0) is 20.1. The normalized spacial score (nSPS) is 10.8. The van der Waals surface area contributed by atoms with Crippen LogP contribution in [0.5, 0.6) is 11.5 Å². The predicted octanol–water partition coefficient (Wildman–Crippen LogP) is 3.51. The topological polar surface area (TPSA) is 87.7 Å². The first-order chi connectivity index (χ1) is 13.5. The van der Waals surface area contributed by atoms with Gasteiger partial charge in [0.1, 0.15) is 5.00 Å². The first-order valence-corrected chi connectivity index (χ1v) is 9.87. The Bertz CT molecular complexity index is 1020. The van der Waals surface area contributed by atoms with E-state index >= 15 is 0 Å². The summed E-state index contributed by atoms with van der Waals surface area (Å²) in [6, 6.07) is 8.90. The van der Waals surface area contributed by atoms with Crippen molar-refractivity contribution in [2.45, 2.75) is 0 Å². The highest BCUT2D eigenvalue weighted by molar-refractivity contribution is 7.17. The summed E-state index contributed by atoms with van der Waals surface area (Å²) >= 11 is 2.57. The monoisotopic (exact) mass is 414 g/mol. The fourth-order valence-electron chi connectivity index (χ4n) is 2.55. The third kappa shape index (κ3) is 4.24. The van der Waals surface area contributed by atoms with Crippen LogP contribution in [0.1, 0.15) is 15.9 Å². The maximum absolute atomic E-state index is 12.3. The number of aromatic carboxylic acids is 1. The Kier molecular flexibility index (Phi) is 6.13. The molecular formula is C20H16NO5S2-. The van der Waals surface area contributed by atoms with Gasteiger partial charge in [-0.15, -0.1) is 22.7 Å². The van der Waals surface area contributed by atoms with E-state index in [1.165, 1.54) is 24.5 Å². The number of nitrogens with one attached hydrogen (secondary N) is 1. The van der Waals surface area contributed by atoms with Crippen LogP contribution in [0.4, 0.5) is 5.00 Å². The van der Waals surface area contributed by atoms with Crippen LogP contribution in [0.25, 0.3) is 16.5 Å². The molecule has 0 aliphatic carbocycles. The first-order valence-electron chi connectivity index (χ1n) is 8.11. The average Bonchev–Trinajstić information content (AvgIpc) is 3.35. The molecular weight excluding hydrogens is 398 g/mol. The Morgan fingerprint density at radius 1 is 1.11 bits per heavy atom. The van der Waals surface area contributed by atoms with Gasteiger partial charge in [-0.3, -0.25) is 4.79 Å². The van der Waals surface area contributed by atoms with Gasteiger partial charge < -0.3 is 24.7 Å². The minimum Gasteiger partial charge on any atom is -0.545 e. The molecule has 0 saturated carbocycles. The van der Waals surface area contributed by atoms with Crippen LogP contribution in [-0.4, -0.2) is 26.1 Å². The highest BCUT2D eigenvalue weighted by atomic mass is 32.1. The van der Waals surface area contributed by atoms with Gasteiger partial charge in [0.05, 0.1) is 20.2 Å². The lowest BCUT2D eigenvalue weighted by molar-refractivity contribution is -0.254. The quantitative estimate of drug-likeness (QED) is 0.598. The number of benzene rings is 1. The van der Waals surface area contributed by atoms with Crippen molar-refractivity contribution in [3.8, 4) is 21.9 Å². The highest BCUT2D eigenvalue weighted by Gasteiger charge is 2.16. The number of hydrogen-bond donors (Lipinski definition) is 1. The molecule has 0 aliphatic rings. The zero-order valence-corrected chi connectivity index (χ0v) is 16.7. The number of carboxylic acids is 1. The number of carbonyl (C=O) groups excluding carboxylic acids is 2. The molecule has 0 fully saturated rings. The third-order valence-corrected chi connectivity index (χ3v) is 5.65. The minimum absolute atomic E-state index is 0.0136. The molecule has 6 nitrogen and oxygen atoms in total. The second-order valence-corrected chi connectivity index (χ2v) is 7.38. The fraction of sp³-hybridized carbons (Fsp3) is 0.100. The lowest BCUT2D eigenvalue weighted by Gasteiger charge is -2.08. The van der Waals surface area contributed by atoms with Gasteiger partial charge in [-0.05, 0) is 35.2 Å². The maximum atomic E-state index is 12.3. The molecule has 1 N–H and O–H groups in total. The molecule has 2 heterocycles. The molecule has 0 radical (unpaired) electrons. The number of thiophene rings is 2. The van der Waals surface area contributed by atoms with Crippen LogP contribution in [-0.2, 0) is 4.79 Å². The Morgan fingerprint density at radius 2 is 1.89 bits per heavy atom. The zero-order valence-electron chi connectivity index (χ0n) is 15.1. The minimum atomic E-state index is -1.33. The van der Waals surface area contributed by atoms with E-state index in [0.29, 0.717) is 17.1 Å².